The van der Waals surface area contributed by atoms with Crippen LogP contribution in [-0.4, -0.2) is 20.9 Å². The third-order valence-electron chi connectivity index (χ3n) is 4.79. The fourth-order valence-electron chi connectivity index (χ4n) is 3.32. The Balaban J connectivity index is 1.48. The summed E-state index contributed by atoms with van der Waals surface area (Å²) >= 11 is 5.86. The maximum Gasteiger partial charge on any atom is 0.261 e. The van der Waals surface area contributed by atoms with Crippen molar-refractivity contribution in [2.24, 2.45) is 0 Å². The summed E-state index contributed by atoms with van der Waals surface area (Å²) in [7, 11) is -3.76. The number of benzene rings is 3. The van der Waals surface area contributed by atoms with Gasteiger partial charge in [0.2, 0.25) is 5.91 Å². The molecule has 30 heavy (non-hydrogen) atoms. The minimum absolute atomic E-state index is 0.0524. The van der Waals surface area contributed by atoms with Crippen molar-refractivity contribution >= 4 is 38.9 Å². The smallest absolute Gasteiger partial charge is 0.261 e. The molecule has 0 atom stereocenters. The maximum atomic E-state index is 12.8. The molecule has 0 aromatic heterocycles. The van der Waals surface area contributed by atoms with Crippen LogP contribution in [0.15, 0.2) is 71.6 Å². The zero-order valence-corrected chi connectivity index (χ0v) is 17.7. The highest BCUT2D eigenvalue weighted by Gasteiger charge is 2.24. The minimum Gasteiger partial charge on any atom is -0.457 e. The van der Waals surface area contributed by atoms with Crippen LogP contribution in [-0.2, 0) is 21.2 Å². The average Bonchev–Trinajstić information content (AvgIpc) is 3.15. The molecule has 1 aliphatic rings. The van der Waals surface area contributed by atoms with Gasteiger partial charge >= 0.3 is 0 Å². The molecule has 0 radical (unpaired) electrons. The fraction of sp³-hybridized carbons (Fsp3) is 0.136. The first kappa shape index (κ1) is 20.3. The first-order valence-electron chi connectivity index (χ1n) is 9.29. The number of rotatable bonds is 5. The van der Waals surface area contributed by atoms with E-state index >= 15 is 0 Å². The summed E-state index contributed by atoms with van der Waals surface area (Å²) in [5, 5.41) is 0.618. The van der Waals surface area contributed by atoms with Crippen LogP contribution in [0.25, 0.3) is 0 Å². The van der Waals surface area contributed by atoms with E-state index < -0.39 is 10.0 Å². The number of ether oxygens (including phenoxy) is 1. The van der Waals surface area contributed by atoms with E-state index in [2.05, 4.69) is 4.72 Å². The molecule has 0 bridgehead atoms. The number of carbonyl (C=O) groups is 1. The number of halogens is 1. The highest BCUT2D eigenvalue weighted by atomic mass is 35.5. The third kappa shape index (κ3) is 4.27. The van der Waals surface area contributed by atoms with E-state index in [0.29, 0.717) is 35.2 Å². The largest absolute Gasteiger partial charge is 0.457 e. The molecule has 4 rings (SSSR count). The Labute approximate surface area is 180 Å². The van der Waals surface area contributed by atoms with Gasteiger partial charge in [0.05, 0.1) is 4.90 Å². The quantitative estimate of drug-likeness (QED) is 0.613. The van der Waals surface area contributed by atoms with Gasteiger partial charge in [-0.25, -0.2) is 8.42 Å². The number of amides is 1. The van der Waals surface area contributed by atoms with Crippen molar-refractivity contribution in [2.45, 2.75) is 18.2 Å². The van der Waals surface area contributed by atoms with Crippen molar-refractivity contribution in [3.63, 3.8) is 0 Å². The Kier molecular flexibility index (Phi) is 5.40. The Morgan fingerprint density at radius 2 is 1.63 bits per heavy atom. The predicted octanol–water partition coefficient (Wildman–Crippen LogP) is 4.84. The summed E-state index contributed by atoms with van der Waals surface area (Å²) in [5.41, 5.74) is 2.04. The molecule has 3 aromatic carbocycles. The van der Waals surface area contributed by atoms with E-state index in [1.165, 1.54) is 13.0 Å². The van der Waals surface area contributed by atoms with Gasteiger partial charge in [0.1, 0.15) is 11.5 Å². The van der Waals surface area contributed by atoms with Gasteiger partial charge in [0.15, 0.2) is 0 Å². The van der Waals surface area contributed by atoms with Crippen molar-refractivity contribution in [2.75, 3.05) is 16.2 Å². The molecule has 0 unspecified atom stereocenters. The zero-order valence-electron chi connectivity index (χ0n) is 16.1. The predicted molar refractivity (Wildman–Crippen MR) is 117 cm³/mol. The summed E-state index contributed by atoms with van der Waals surface area (Å²) in [6.45, 7) is 2.07. The Morgan fingerprint density at radius 1 is 1.00 bits per heavy atom. The summed E-state index contributed by atoms with van der Waals surface area (Å²) in [5.74, 6) is 1.15. The standard InChI is InChI=1S/C22H19ClN2O4S/c1-15(26)25-13-12-16-14-21(10-11-22(16)25)30(27,28)24-18-4-8-20(9-5-18)29-19-6-2-17(23)3-7-19/h2-11,14,24H,12-13H2,1H3. The molecule has 0 saturated heterocycles. The van der Waals surface area contributed by atoms with E-state index in [4.69, 9.17) is 16.3 Å². The molecular formula is C22H19ClN2O4S. The lowest BCUT2D eigenvalue weighted by Crippen LogP contribution is -2.25. The first-order chi connectivity index (χ1) is 14.3. The lowest BCUT2D eigenvalue weighted by atomic mass is 10.2. The van der Waals surface area contributed by atoms with E-state index in [1.807, 2.05) is 0 Å². The summed E-state index contributed by atoms with van der Waals surface area (Å²) in [6.07, 6.45) is 0.634. The summed E-state index contributed by atoms with van der Waals surface area (Å²) in [6, 6.07) is 18.4. The van der Waals surface area contributed by atoms with Crippen LogP contribution in [0.2, 0.25) is 5.02 Å². The monoisotopic (exact) mass is 442 g/mol. The molecule has 0 spiro atoms. The topological polar surface area (TPSA) is 75.7 Å². The normalized spacial score (nSPS) is 13.1. The molecule has 1 amide bonds. The van der Waals surface area contributed by atoms with Crippen molar-refractivity contribution in [3.05, 3.63) is 77.3 Å². The average molecular weight is 443 g/mol. The molecule has 1 aliphatic heterocycles. The molecule has 154 valence electrons. The third-order valence-corrected chi connectivity index (χ3v) is 6.42. The number of sulfonamides is 1. The van der Waals surface area contributed by atoms with Gasteiger partial charge in [-0.2, -0.15) is 0 Å². The van der Waals surface area contributed by atoms with Gasteiger partial charge in [-0.05, 0) is 78.7 Å². The number of anilines is 2. The number of hydrogen-bond acceptors (Lipinski definition) is 4. The minimum atomic E-state index is -3.76. The maximum absolute atomic E-state index is 12.8. The van der Waals surface area contributed by atoms with Crippen LogP contribution >= 0.6 is 11.6 Å². The molecule has 3 aromatic rings. The lowest BCUT2D eigenvalue weighted by molar-refractivity contribution is -0.116. The van der Waals surface area contributed by atoms with Crippen LogP contribution < -0.4 is 14.4 Å². The molecule has 8 heteroatoms. The molecule has 0 saturated carbocycles. The second-order valence-corrected chi connectivity index (χ2v) is 9.02. The molecular weight excluding hydrogens is 424 g/mol. The van der Waals surface area contributed by atoms with Gasteiger partial charge in [-0.3, -0.25) is 9.52 Å². The SMILES string of the molecule is CC(=O)N1CCc2cc(S(=O)(=O)Nc3ccc(Oc4ccc(Cl)cc4)cc3)ccc21. The number of hydrogen-bond donors (Lipinski definition) is 1. The van der Waals surface area contributed by atoms with Crippen LogP contribution in [0.3, 0.4) is 0 Å². The van der Waals surface area contributed by atoms with E-state index in [-0.39, 0.29) is 10.8 Å². The molecule has 1 N–H and O–H groups in total. The molecule has 1 heterocycles. The van der Waals surface area contributed by atoms with Crippen molar-refractivity contribution in [1.29, 1.82) is 0 Å². The zero-order chi connectivity index (χ0) is 21.3. The summed E-state index contributed by atoms with van der Waals surface area (Å²) in [4.78, 5) is 13.5. The van der Waals surface area contributed by atoms with Crippen LogP contribution in [0, 0.1) is 0 Å². The van der Waals surface area contributed by atoms with Gasteiger partial charge in [-0.1, -0.05) is 11.6 Å². The second-order valence-electron chi connectivity index (χ2n) is 6.90. The van der Waals surface area contributed by atoms with Crippen molar-refractivity contribution < 1.29 is 17.9 Å². The number of fused-ring (bicyclic) bond motifs is 1. The molecule has 6 nitrogen and oxygen atoms in total. The fourth-order valence-corrected chi connectivity index (χ4v) is 4.55. The first-order valence-corrected chi connectivity index (χ1v) is 11.2. The summed E-state index contributed by atoms with van der Waals surface area (Å²) < 4.78 is 33.9. The second kappa shape index (κ2) is 8.01. The Hall–Kier alpha value is -3.03. The van der Waals surface area contributed by atoms with Gasteiger partial charge in [-0.15, -0.1) is 0 Å². The van der Waals surface area contributed by atoms with E-state index in [9.17, 15) is 13.2 Å². The highest BCUT2D eigenvalue weighted by Crippen LogP contribution is 2.31. The molecule has 0 aliphatic carbocycles. The van der Waals surface area contributed by atoms with Crippen molar-refractivity contribution in [3.8, 4) is 11.5 Å². The van der Waals surface area contributed by atoms with Gasteiger partial charge in [0.25, 0.3) is 10.0 Å². The Bertz CT molecular complexity index is 1190. The number of nitrogens with zero attached hydrogens (tertiary/aromatic N) is 1. The lowest BCUT2D eigenvalue weighted by Gasteiger charge is -2.15. The Morgan fingerprint density at radius 3 is 2.27 bits per heavy atom. The van der Waals surface area contributed by atoms with E-state index in [0.717, 1.165) is 11.3 Å². The van der Waals surface area contributed by atoms with Crippen LogP contribution in [0.5, 0.6) is 11.5 Å². The number of carbonyl (C=O) groups excluding carboxylic acids is 1. The van der Waals surface area contributed by atoms with Gasteiger partial charge < -0.3 is 9.64 Å². The van der Waals surface area contributed by atoms with Crippen LogP contribution in [0.1, 0.15) is 12.5 Å². The highest BCUT2D eigenvalue weighted by molar-refractivity contribution is 7.92. The van der Waals surface area contributed by atoms with Crippen LogP contribution in [0.4, 0.5) is 11.4 Å². The van der Waals surface area contributed by atoms with Crippen molar-refractivity contribution in [1.82, 2.24) is 0 Å². The van der Waals surface area contributed by atoms with Gasteiger partial charge in [0, 0.05) is 29.9 Å². The van der Waals surface area contributed by atoms with E-state index in [1.54, 1.807) is 65.6 Å². The number of nitrogens with one attached hydrogen (secondary N) is 1. The molecule has 0 fully saturated rings.